The molecule has 0 saturated heterocycles. The number of halogens is 1. The average molecular weight is 287 g/mol. The maximum Gasteiger partial charge on any atom is 0.163 e. The molecule has 2 aromatic rings. The van der Waals surface area contributed by atoms with Gasteiger partial charge < -0.3 is 9.84 Å². The number of aliphatic hydroxyl groups is 1. The van der Waals surface area contributed by atoms with Crippen molar-refractivity contribution >= 4 is 22.9 Å². The fourth-order valence-corrected chi connectivity index (χ4v) is 2.86. The normalized spacial score (nSPS) is 12.7. The molecule has 6 heteroatoms. The summed E-state index contributed by atoms with van der Waals surface area (Å²) in [5, 5.41) is 14.7. The van der Waals surface area contributed by atoms with E-state index in [1.807, 2.05) is 6.07 Å². The van der Waals surface area contributed by atoms with Crippen molar-refractivity contribution < 1.29 is 9.84 Å². The molecule has 18 heavy (non-hydrogen) atoms. The first-order valence-corrected chi connectivity index (χ1v) is 6.89. The summed E-state index contributed by atoms with van der Waals surface area (Å²) in [4.78, 5) is 0.788. The van der Waals surface area contributed by atoms with Crippen molar-refractivity contribution in [1.29, 1.82) is 0 Å². The van der Waals surface area contributed by atoms with Crippen LogP contribution in [-0.2, 0) is 6.54 Å². The largest absolute Gasteiger partial charge is 0.493 e. The summed E-state index contributed by atoms with van der Waals surface area (Å²) in [5.74, 6) is 0.598. The molecule has 4 nitrogen and oxygen atoms in total. The van der Waals surface area contributed by atoms with Crippen molar-refractivity contribution in [2.75, 3.05) is 7.11 Å². The summed E-state index contributed by atoms with van der Waals surface area (Å²) in [6.07, 6.45) is 1.81. The molecular formula is C12H15ClN2O2S. The molecule has 1 N–H and O–H groups in total. The van der Waals surface area contributed by atoms with Crippen LogP contribution in [-0.4, -0.2) is 22.0 Å². The van der Waals surface area contributed by atoms with Crippen LogP contribution in [0.2, 0.25) is 4.34 Å². The molecule has 0 fully saturated rings. The summed E-state index contributed by atoms with van der Waals surface area (Å²) in [6.45, 7) is 2.81. The molecule has 0 spiro atoms. The number of ether oxygens (including phenoxy) is 1. The van der Waals surface area contributed by atoms with Gasteiger partial charge in [0.2, 0.25) is 0 Å². The molecule has 2 aromatic heterocycles. The monoisotopic (exact) mass is 286 g/mol. The van der Waals surface area contributed by atoms with Crippen LogP contribution < -0.4 is 4.74 Å². The SMILES string of the molecule is CCCn1ncc(OC)c1C(O)c1ccc(Cl)s1. The summed E-state index contributed by atoms with van der Waals surface area (Å²) in [5.41, 5.74) is 0.679. The molecule has 2 heterocycles. The van der Waals surface area contributed by atoms with Gasteiger partial charge in [0, 0.05) is 11.4 Å². The van der Waals surface area contributed by atoms with Crippen LogP contribution in [0.5, 0.6) is 5.75 Å². The Morgan fingerprint density at radius 2 is 2.33 bits per heavy atom. The number of hydrogen-bond acceptors (Lipinski definition) is 4. The van der Waals surface area contributed by atoms with E-state index < -0.39 is 6.10 Å². The Bertz CT molecular complexity index is 524. The fourth-order valence-electron chi connectivity index (χ4n) is 1.81. The first-order valence-electron chi connectivity index (χ1n) is 5.70. The number of nitrogens with zero attached hydrogens (tertiary/aromatic N) is 2. The zero-order chi connectivity index (χ0) is 13.1. The van der Waals surface area contributed by atoms with Gasteiger partial charge in [0.1, 0.15) is 11.8 Å². The van der Waals surface area contributed by atoms with Crippen molar-refractivity contribution in [2.24, 2.45) is 0 Å². The maximum atomic E-state index is 10.4. The topological polar surface area (TPSA) is 47.3 Å². The van der Waals surface area contributed by atoms with Crippen LogP contribution >= 0.6 is 22.9 Å². The first kappa shape index (κ1) is 13.4. The number of rotatable bonds is 5. The number of hydrogen-bond donors (Lipinski definition) is 1. The highest BCUT2D eigenvalue weighted by atomic mass is 35.5. The van der Waals surface area contributed by atoms with Crippen LogP contribution in [0.4, 0.5) is 0 Å². The van der Waals surface area contributed by atoms with Gasteiger partial charge >= 0.3 is 0 Å². The molecular weight excluding hydrogens is 272 g/mol. The van der Waals surface area contributed by atoms with Gasteiger partial charge in [-0.3, -0.25) is 4.68 Å². The summed E-state index contributed by atoms with van der Waals surface area (Å²) in [7, 11) is 1.57. The van der Waals surface area contributed by atoms with E-state index in [1.54, 1.807) is 24.1 Å². The van der Waals surface area contributed by atoms with Crippen LogP contribution in [0.15, 0.2) is 18.3 Å². The molecule has 0 aliphatic heterocycles. The number of aryl methyl sites for hydroxylation is 1. The average Bonchev–Trinajstić information content (AvgIpc) is 2.95. The molecule has 0 aliphatic carbocycles. The number of aliphatic hydroxyl groups excluding tert-OH is 1. The zero-order valence-corrected chi connectivity index (χ0v) is 11.8. The van der Waals surface area contributed by atoms with E-state index in [-0.39, 0.29) is 0 Å². The first-order chi connectivity index (χ1) is 8.67. The summed E-state index contributed by atoms with van der Waals surface area (Å²) >= 11 is 7.25. The molecule has 1 atom stereocenters. The van der Waals surface area contributed by atoms with E-state index in [0.717, 1.165) is 17.8 Å². The van der Waals surface area contributed by atoms with Crippen molar-refractivity contribution in [3.63, 3.8) is 0 Å². The van der Waals surface area contributed by atoms with E-state index in [2.05, 4.69) is 12.0 Å². The minimum atomic E-state index is -0.758. The quantitative estimate of drug-likeness (QED) is 0.919. The van der Waals surface area contributed by atoms with Gasteiger partial charge in [0.15, 0.2) is 5.75 Å². The number of aromatic nitrogens is 2. The minimum absolute atomic E-state index is 0.598. The van der Waals surface area contributed by atoms with Crippen molar-refractivity contribution in [3.05, 3.63) is 33.2 Å². The zero-order valence-electron chi connectivity index (χ0n) is 10.3. The van der Waals surface area contributed by atoms with Gasteiger partial charge in [0.05, 0.1) is 17.6 Å². The Morgan fingerprint density at radius 1 is 1.56 bits per heavy atom. The van der Waals surface area contributed by atoms with Gasteiger partial charge in [-0.05, 0) is 18.6 Å². The summed E-state index contributed by atoms with van der Waals surface area (Å²) in [6, 6.07) is 3.60. The lowest BCUT2D eigenvalue weighted by atomic mass is 10.2. The highest BCUT2D eigenvalue weighted by Crippen LogP contribution is 2.35. The lowest BCUT2D eigenvalue weighted by molar-refractivity contribution is 0.205. The third-order valence-corrected chi connectivity index (χ3v) is 3.91. The highest BCUT2D eigenvalue weighted by Gasteiger charge is 2.22. The van der Waals surface area contributed by atoms with E-state index in [4.69, 9.17) is 16.3 Å². The second-order valence-corrected chi connectivity index (χ2v) is 5.61. The second kappa shape index (κ2) is 5.73. The van der Waals surface area contributed by atoms with Crippen LogP contribution in [0, 0.1) is 0 Å². The fraction of sp³-hybridized carbons (Fsp3) is 0.417. The Kier molecular flexibility index (Phi) is 4.27. The molecule has 0 bridgehead atoms. The molecule has 0 radical (unpaired) electrons. The van der Waals surface area contributed by atoms with Crippen molar-refractivity contribution in [1.82, 2.24) is 9.78 Å². The third kappa shape index (κ3) is 2.53. The molecule has 98 valence electrons. The summed E-state index contributed by atoms with van der Waals surface area (Å²) < 4.78 is 7.68. The molecule has 0 aromatic carbocycles. The van der Waals surface area contributed by atoms with Crippen LogP contribution in [0.3, 0.4) is 0 Å². The van der Waals surface area contributed by atoms with Gasteiger partial charge in [-0.1, -0.05) is 18.5 Å². The molecule has 0 saturated carbocycles. The lowest BCUT2D eigenvalue weighted by Crippen LogP contribution is -2.10. The Hall–Kier alpha value is -1.04. The highest BCUT2D eigenvalue weighted by molar-refractivity contribution is 7.16. The maximum absolute atomic E-state index is 10.4. The lowest BCUT2D eigenvalue weighted by Gasteiger charge is -2.13. The molecule has 0 amide bonds. The van der Waals surface area contributed by atoms with Crippen LogP contribution in [0.25, 0.3) is 0 Å². The Labute approximate surface area is 115 Å². The predicted molar refractivity (Wildman–Crippen MR) is 72.5 cm³/mol. The molecule has 0 aliphatic rings. The Morgan fingerprint density at radius 3 is 2.89 bits per heavy atom. The minimum Gasteiger partial charge on any atom is -0.493 e. The molecule has 2 rings (SSSR count). The smallest absolute Gasteiger partial charge is 0.163 e. The third-order valence-electron chi connectivity index (χ3n) is 2.62. The standard InChI is InChI=1S/C12H15ClN2O2S/c1-3-6-15-11(8(17-2)7-14-15)12(16)9-4-5-10(13)18-9/h4-5,7,12,16H,3,6H2,1-2H3. The molecule has 1 unspecified atom stereocenters. The Balaban J connectivity index is 2.38. The van der Waals surface area contributed by atoms with Gasteiger partial charge in [0.25, 0.3) is 0 Å². The van der Waals surface area contributed by atoms with E-state index >= 15 is 0 Å². The van der Waals surface area contributed by atoms with E-state index in [9.17, 15) is 5.11 Å². The predicted octanol–water partition coefficient (Wildman–Crippen LogP) is 3.10. The van der Waals surface area contributed by atoms with Crippen LogP contribution in [0.1, 0.15) is 30.0 Å². The van der Waals surface area contributed by atoms with E-state index in [0.29, 0.717) is 15.8 Å². The number of thiophene rings is 1. The van der Waals surface area contributed by atoms with Gasteiger partial charge in [-0.2, -0.15) is 5.10 Å². The second-order valence-electron chi connectivity index (χ2n) is 3.87. The van der Waals surface area contributed by atoms with Gasteiger partial charge in [-0.25, -0.2) is 0 Å². The van der Waals surface area contributed by atoms with E-state index in [1.165, 1.54) is 11.3 Å². The number of methoxy groups -OCH3 is 1. The van der Waals surface area contributed by atoms with Crippen molar-refractivity contribution in [3.8, 4) is 5.75 Å². The van der Waals surface area contributed by atoms with Gasteiger partial charge in [-0.15, -0.1) is 11.3 Å². The van der Waals surface area contributed by atoms with Crippen molar-refractivity contribution in [2.45, 2.75) is 26.0 Å².